The predicted octanol–water partition coefficient (Wildman–Crippen LogP) is 0.575. The van der Waals surface area contributed by atoms with E-state index in [4.69, 9.17) is 4.74 Å². The van der Waals surface area contributed by atoms with Crippen molar-refractivity contribution in [1.82, 2.24) is 5.32 Å². The third-order valence-electron chi connectivity index (χ3n) is 6.84. The van der Waals surface area contributed by atoms with Crippen LogP contribution < -0.4 is 5.32 Å². The van der Waals surface area contributed by atoms with Crippen LogP contribution in [0.3, 0.4) is 0 Å². The Balaban J connectivity index is 1.36. The second-order valence-electron chi connectivity index (χ2n) is 7.78. The summed E-state index contributed by atoms with van der Waals surface area (Å²) in [5.74, 6) is -1.88. The van der Waals surface area contributed by atoms with Crippen LogP contribution in [0.5, 0.6) is 0 Å². The van der Waals surface area contributed by atoms with Crippen molar-refractivity contribution in [2.45, 2.75) is 31.4 Å². The predicted molar refractivity (Wildman–Crippen MR) is 76.9 cm³/mol. The molecule has 5 aliphatic rings. The number of allylic oxidation sites excluding steroid dienone is 2. The van der Waals surface area contributed by atoms with Crippen molar-refractivity contribution >= 4 is 17.8 Å². The van der Waals surface area contributed by atoms with Crippen molar-refractivity contribution < 1.29 is 24.2 Å². The highest BCUT2D eigenvalue weighted by Gasteiger charge is 2.62. The van der Waals surface area contributed by atoms with Crippen LogP contribution in [0.25, 0.3) is 0 Å². The first-order chi connectivity index (χ1) is 11.0. The quantitative estimate of drug-likeness (QED) is 0.586. The summed E-state index contributed by atoms with van der Waals surface area (Å²) in [7, 11) is 0. The maximum absolute atomic E-state index is 12.7. The van der Waals surface area contributed by atoms with Crippen molar-refractivity contribution in [1.29, 1.82) is 0 Å². The van der Waals surface area contributed by atoms with Gasteiger partial charge in [0, 0.05) is 5.92 Å². The van der Waals surface area contributed by atoms with Gasteiger partial charge in [0.25, 0.3) is 0 Å². The summed E-state index contributed by atoms with van der Waals surface area (Å²) in [5, 5.41) is 12.4. The number of ether oxygens (including phenoxy) is 1. The summed E-state index contributed by atoms with van der Waals surface area (Å²) in [6.45, 7) is 0. The average molecular weight is 317 g/mol. The second-order valence-corrected chi connectivity index (χ2v) is 7.78. The lowest BCUT2D eigenvalue weighted by molar-refractivity contribution is -0.165. The Morgan fingerprint density at radius 2 is 1.87 bits per heavy atom. The topological polar surface area (TPSA) is 92.7 Å². The molecule has 1 saturated heterocycles. The van der Waals surface area contributed by atoms with Crippen molar-refractivity contribution in [3.8, 4) is 0 Å². The number of hydrogen-bond donors (Lipinski definition) is 2. The summed E-state index contributed by atoms with van der Waals surface area (Å²) >= 11 is 0. The van der Waals surface area contributed by atoms with E-state index in [0.717, 1.165) is 19.3 Å². The van der Waals surface area contributed by atoms with Crippen LogP contribution in [0, 0.1) is 41.4 Å². The molecular weight excluding hydrogens is 298 g/mol. The number of amides is 1. The standard InChI is InChI=1S/C17H19NO5/c19-15-10-5-8-4-9(10)13(18-15)14(8)23-17(22)12-7-2-1-6(3-7)11(12)16(20)21/h1-2,6-14H,3-5H2,(H,18,19)(H,20,21). The molecule has 1 heterocycles. The highest BCUT2D eigenvalue weighted by atomic mass is 16.5. The molecule has 3 saturated carbocycles. The minimum atomic E-state index is -0.911. The van der Waals surface area contributed by atoms with Gasteiger partial charge in [0.15, 0.2) is 0 Å². The molecule has 1 amide bonds. The van der Waals surface area contributed by atoms with E-state index in [2.05, 4.69) is 5.32 Å². The largest absolute Gasteiger partial charge is 0.481 e. The molecule has 0 aromatic heterocycles. The summed E-state index contributed by atoms with van der Waals surface area (Å²) in [6, 6.07) is -0.0624. The fraction of sp³-hybridized carbons (Fsp3) is 0.706. The highest BCUT2D eigenvalue weighted by molar-refractivity contribution is 5.85. The lowest BCUT2D eigenvalue weighted by Crippen LogP contribution is -2.44. The van der Waals surface area contributed by atoms with Crippen molar-refractivity contribution in [3.05, 3.63) is 12.2 Å². The summed E-state index contributed by atoms with van der Waals surface area (Å²) < 4.78 is 5.79. The third kappa shape index (κ3) is 1.66. The molecule has 5 rings (SSSR count). The fourth-order valence-corrected chi connectivity index (χ4v) is 5.94. The molecule has 0 spiro atoms. The first-order valence-electron chi connectivity index (χ1n) is 8.46. The Hall–Kier alpha value is -1.85. The summed E-state index contributed by atoms with van der Waals surface area (Å²) in [6.07, 6.45) is 6.08. The SMILES string of the molecule is O=C1NC2C3CC(CC13)C2OC(=O)C1C2C=CC(C2)C1C(=O)O. The van der Waals surface area contributed by atoms with Gasteiger partial charge in [0.05, 0.1) is 17.9 Å². The molecule has 0 aromatic carbocycles. The minimum absolute atomic E-state index is 0.0156. The zero-order chi connectivity index (χ0) is 15.9. The number of aliphatic carboxylic acids is 1. The Kier molecular flexibility index (Phi) is 2.58. The molecule has 9 unspecified atom stereocenters. The maximum atomic E-state index is 12.7. The van der Waals surface area contributed by atoms with E-state index in [1.807, 2.05) is 12.2 Å². The number of esters is 1. The fourth-order valence-electron chi connectivity index (χ4n) is 5.94. The molecule has 122 valence electrons. The molecule has 2 N–H and O–H groups in total. The number of carbonyl (C=O) groups is 3. The van der Waals surface area contributed by atoms with Gasteiger partial charge in [-0.1, -0.05) is 12.2 Å². The lowest BCUT2D eigenvalue weighted by Gasteiger charge is -2.30. The Labute approximate surface area is 133 Å². The van der Waals surface area contributed by atoms with Gasteiger partial charge in [-0.15, -0.1) is 0 Å². The first-order valence-corrected chi connectivity index (χ1v) is 8.46. The smallest absolute Gasteiger partial charge is 0.310 e. The lowest BCUT2D eigenvalue weighted by atomic mass is 9.83. The number of fused-ring (bicyclic) bond motifs is 3. The molecular formula is C17H19NO5. The van der Waals surface area contributed by atoms with Crippen LogP contribution in [0.2, 0.25) is 0 Å². The molecule has 6 heteroatoms. The average Bonchev–Trinajstić information content (AvgIpc) is 3.27. The van der Waals surface area contributed by atoms with Crippen molar-refractivity contribution in [2.24, 2.45) is 41.4 Å². The van der Waals surface area contributed by atoms with Crippen molar-refractivity contribution in [2.75, 3.05) is 0 Å². The van der Waals surface area contributed by atoms with Gasteiger partial charge >= 0.3 is 11.9 Å². The van der Waals surface area contributed by atoms with Gasteiger partial charge in [0.2, 0.25) is 5.91 Å². The molecule has 4 fully saturated rings. The molecule has 4 aliphatic carbocycles. The molecule has 4 bridgehead atoms. The van der Waals surface area contributed by atoms with Gasteiger partial charge in [-0.25, -0.2) is 0 Å². The zero-order valence-corrected chi connectivity index (χ0v) is 12.6. The van der Waals surface area contributed by atoms with E-state index in [0.29, 0.717) is 5.92 Å². The number of carboxylic acid groups (broad SMARTS) is 1. The molecule has 0 aromatic rings. The van der Waals surface area contributed by atoms with E-state index < -0.39 is 17.8 Å². The van der Waals surface area contributed by atoms with E-state index in [1.165, 1.54) is 0 Å². The van der Waals surface area contributed by atoms with Crippen LogP contribution in [0.4, 0.5) is 0 Å². The maximum Gasteiger partial charge on any atom is 0.310 e. The third-order valence-corrected chi connectivity index (χ3v) is 6.84. The molecule has 9 atom stereocenters. The van der Waals surface area contributed by atoms with Crippen LogP contribution in [0.1, 0.15) is 19.3 Å². The van der Waals surface area contributed by atoms with Gasteiger partial charge in [-0.2, -0.15) is 0 Å². The van der Waals surface area contributed by atoms with Gasteiger partial charge < -0.3 is 15.2 Å². The highest BCUT2D eigenvalue weighted by Crippen LogP contribution is 2.54. The van der Waals surface area contributed by atoms with Gasteiger partial charge in [-0.05, 0) is 42.9 Å². The molecule has 23 heavy (non-hydrogen) atoms. The minimum Gasteiger partial charge on any atom is -0.481 e. The van der Waals surface area contributed by atoms with Crippen LogP contribution in [-0.2, 0) is 19.1 Å². The molecule has 0 radical (unpaired) electrons. The van der Waals surface area contributed by atoms with E-state index in [-0.39, 0.29) is 47.7 Å². The number of rotatable bonds is 3. The van der Waals surface area contributed by atoms with Crippen LogP contribution in [-0.4, -0.2) is 35.1 Å². The number of nitrogens with one attached hydrogen (secondary N) is 1. The van der Waals surface area contributed by atoms with Crippen LogP contribution in [0.15, 0.2) is 12.2 Å². The number of carboxylic acids is 1. The second kappa shape index (κ2) is 4.36. The van der Waals surface area contributed by atoms with E-state index in [9.17, 15) is 19.5 Å². The van der Waals surface area contributed by atoms with Gasteiger partial charge in [-0.3, -0.25) is 14.4 Å². The molecule has 1 aliphatic heterocycles. The Bertz CT molecular complexity index is 643. The van der Waals surface area contributed by atoms with Gasteiger partial charge in [0.1, 0.15) is 6.10 Å². The van der Waals surface area contributed by atoms with E-state index >= 15 is 0 Å². The molecule has 6 nitrogen and oxygen atoms in total. The number of hydrogen-bond acceptors (Lipinski definition) is 4. The monoisotopic (exact) mass is 317 g/mol. The first kappa shape index (κ1) is 13.6. The van der Waals surface area contributed by atoms with E-state index in [1.54, 1.807) is 0 Å². The van der Waals surface area contributed by atoms with Crippen LogP contribution >= 0.6 is 0 Å². The van der Waals surface area contributed by atoms with Crippen molar-refractivity contribution in [3.63, 3.8) is 0 Å². The summed E-state index contributed by atoms with van der Waals surface area (Å²) in [5.41, 5.74) is 0. The normalized spacial score (nSPS) is 51.3. The Morgan fingerprint density at radius 1 is 1.13 bits per heavy atom. The number of carbonyl (C=O) groups excluding carboxylic acids is 2. The zero-order valence-electron chi connectivity index (χ0n) is 12.6. The summed E-state index contributed by atoms with van der Waals surface area (Å²) in [4.78, 5) is 36.1. The Morgan fingerprint density at radius 3 is 2.61 bits per heavy atom.